The maximum Gasteiger partial charge on any atom is 0.330 e. The third-order valence-corrected chi connectivity index (χ3v) is 1.17. The van der Waals surface area contributed by atoms with Gasteiger partial charge in [0.2, 0.25) is 0 Å². The highest BCUT2D eigenvalue weighted by atomic mass is 16.5. The summed E-state index contributed by atoms with van der Waals surface area (Å²) in [7, 11) is 0. The van der Waals surface area contributed by atoms with E-state index in [0.29, 0.717) is 6.61 Å². The van der Waals surface area contributed by atoms with Gasteiger partial charge in [-0.3, -0.25) is 0 Å². The molecule has 0 bridgehead atoms. The smallest absolute Gasteiger partial charge is 0.330 e. The van der Waals surface area contributed by atoms with Crippen LogP contribution in [0, 0.1) is 0 Å². The molecular formula is C10H21NO2. The number of ether oxygens (including phenoxy) is 1. The quantitative estimate of drug-likeness (QED) is 0.528. The Kier molecular flexibility index (Phi) is 15.5. The van der Waals surface area contributed by atoms with Crippen LogP contribution in [-0.4, -0.2) is 19.1 Å². The lowest BCUT2D eigenvalue weighted by atomic mass is 10.3. The minimum absolute atomic E-state index is 0.341. The molecule has 0 spiro atoms. The predicted molar refractivity (Wildman–Crippen MR) is 55.4 cm³/mol. The van der Waals surface area contributed by atoms with Crippen molar-refractivity contribution in [3.05, 3.63) is 12.7 Å². The number of rotatable bonds is 5. The van der Waals surface area contributed by atoms with Crippen LogP contribution in [0.4, 0.5) is 0 Å². The fourth-order valence-electron chi connectivity index (χ4n) is 0.466. The maximum atomic E-state index is 10.2. The Morgan fingerprint density at radius 1 is 1.46 bits per heavy atom. The molecule has 2 N–H and O–H groups in total. The molecule has 0 aromatic rings. The third kappa shape index (κ3) is 18.3. The zero-order chi connectivity index (χ0) is 10.5. The van der Waals surface area contributed by atoms with Gasteiger partial charge in [-0.25, -0.2) is 4.79 Å². The van der Waals surface area contributed by atoms with Crippen LogP contribution in [0.2, 0.25) is 0 Å². The molecule has 0 amide bonds. The molecule has 0 aromatic carbocycles. The van der Waals surface area contributed by atoms with Gasteiger partial charge in [0.1, 0.15) is 0 Å². The van der Waals surface area contributed by atoms with Crippen LogP contribution >= 0.6 is 0 Å². The van der Waals surface area contributed by atoms with Crippen molar-refractivity contribution in [2.75, 3.05) is 13.2 Å². The lowest BCUT2D eigenvalue weighted by Crippen LogP contribution is -1.99. The second-order valence-electron chi connectivity index (χ2n) is 2.51. The van der Waals surface area contributed by atoms with Crippen molar-refractivity contribution in [2.24, 2.45) is 5.73 Å². The van der Waals surface area contributed by atoms with Crippen LogP contribution in [0.1, 0.15) is 33.1 Å². The third-order valence-electron chi connectivity index (χ3n) is 1.17. The monoisotopic (exact) mass is 187 g/mol. The molecule has 78 valence electrons. The van der Waals surface area contributed by atoms with E-state index in [1.165, 1.54) is 12.8 Å². The highest BCUT2D eigenvalue weighted by Gasteiger charge is 1.89. The predicted octanol–water partition coefficient (Wildman–Crippen LogP) is 1.87. The van der Waals surface area contributed by atoms with Gasteiger partial charge >= 0.3 is 5.97 Å². The SMILES string of the molecule is C=CC(=O)OCCC.CCCCN. The summed E-state index contributed by atoms with van der Waals surface area (Å²) in [5, 5.41) is 0. The normalized spacial score (nSPS) is 8.23. The highest BCUT2D eigenvalue weighted by molar-refractivity contribution is 5.81. The zero-order valence-corrected chi connectivity index (χ0v) is 8.71. The molecule has 0 saturated carbocycles. The molecule has 3 heteroatoms. The van der Waals surface area contributed by atoms with E-state index in [-0.39, 0.29) is 5.97 Å². The number of unbranched alkanes of at least 4 members (excludes halogenated alkanes) is 1. The van der Waals surface area contributed by atoms with Gasteiger partial charge < -0.3 is 10.5 Å². The summed E-state index contributed by atoms with van der Waals surface area (Å²) >= 11 is 0. The number of carbonyl (C=O) groups is 1. The molecule has 3 nitrogen and oxygen atoms in total. The summed E-state index contributed by atoms with van der Waals surface area (Å²) in [6, 6.07) is 0. The van der Waals surface area contributed by atoms with Crippen molar-refractivity contribution in [2.45, 2.75) is 33.1 Å². The number of esters is 1. The second-order valence-corrected chi connectivity index (χ2v) is 2.51. The van der Waals surface area contributed by atoms with Crippen molar-refractivity contribution in [3.63, 3.8) is 0 Å². The Morgan fingerprint density at radius 2 is 2.08 bits per heavy atom. The highest BCUT2D eigenvalue weighted by Crippen LogP contribution is 1.81. The van der Waals surface area contributed by atoms with Crippen LogP contribution in [0.3, 0.4) is 0 Å². The van der Waals surface area contributed by atoms with Gasteiger partial charge in [0.25, 0.3) is 0 Å². The summed E-state index contributed by atoms with van der Waals surface area (Å²) in [6.45, 7) is 8.65. The van der Waals surface area contributed by atoms with E-state index in [1.807, 2.05) is 6.92 Å². The zero-order valence-electron chi connectivity index (χ0n) is 8.71. The maximum absolute atomic E-state index is 10.2. The summed E-state index contributed by atoms with van der Waals surface area (Å²) in [4.78, 5) is 10.2. The van der Waals surface area contributed by atoms with Crippen molar-refractivity contribution in [1.29, 1.82) is 0 Å². The lowest BCUT2D eigenvalue weighted by Gasteiger charge is -1.94. The average Bonchev–Trinajstić information content (AvgIpc) is 2.16. The van der Waals surface area contributed by atoms with Gasteiger partial charge in [-0.1, -0.05) is 26.8 Å². The Morgan fingerprint density at radius 3 is 2.31 bits per heavy atom. The molecule has 0 fully saturated rings. The number of hydrogen-bond donors (Lipinski definition) is 1. The first-order valence-corrected chi connectivity index (χ1v) is 4.72. The van der Waals surface area contributed by atoms with E-state index in [0.717, 1.165) is 19.0 Å². The van der Waals surface area contributed by atoms with Crippen molar-refractivity contribution >= 4 is 5.97 Å². The van der Waals surface area contributed by atoms with Crippen LogP contribution in [0.15, 0.2) is 12.7 Å². The van der Waals surface area contributed by atoms with Crippen LogP contribution < -0.4 is 5.73 Å². The molecule has 0 heterocycles. The van der Waals surface area contributed by atoms with E-state index in [9.17, 15) is 4.79 Å². The fraction of sp³-hybridized carbons (Fsp3) is 0.700. The van der Waals surface area contributed by atoms with Gasteiger partial charge in [0.15, 0.2) is 0 Å². The molecule has 0 aromatic heterocycles. The fourth-order valence-corrected chi connectivity index (χ4v) is 0.466. The van der Waals surface area contributed by atoms with Gasteiger partial charge in [-0.15, -0.1) is 0 Å². The van der Waals surface area contributed by atoms with Crippen molar-refractivity contribution in [3.8, 4) is 0 Å². The molecule has 0 atom stereocenters. The molecule has 0 saturated heterocycles. The van der Waals surface area contributed by atoms with E-state index in [2.05, 4.69) is 18.2 Å². The van der Waals surface area contributed by atoms with E-state index in [1.54, 1.807) is 0 Å². The van der Waals surface area contributed by atoms with Gasteiger partial charge in [0, 0.05) is 6.08 Å². The summed E-state index contributed by atoms with van der Waals surface area (Å²) in [5.41, 5.74) is 5.14. The van der Waals surface area contributed by atoms with Crippen LogP contribution in [-0.2, 0) is 9.53 Å². The Hall–Kier alpha value is -0.830. The Bertz CT molecular complexity index is 122. The minimum atomic E-state index is -0.341. The van der Waals surface area contributed by atoms with Gasteiger partial charge in [-0.2, -0.15) is 0 Å². The first kappa shape index (κ1) is 14.7. The molecule has 0 unspecified atom stereocenters. The summed E-state index contributed by atoms with van der Waals surface area (Å²) in [6.07, 6.45) is 4.41. The minimum Gasteiger partial charge on any atom is -0.463 e. The van der Waals surface area contributed by atoms with Crippen LogP contribution in [0.5, 0.6) is 0 Å². The Labute approximate surface area is 81.0 Å². The lowest BCUT2D eigenvalue weighted by molar-refractivity contribution is -0.137. The molecule has 0 aliphatic carbocycles. The molecule has 0 radical (unpaired) electrons. The number of carbonyl (C=O) groups excluding carboxylic acids is 1. The summed E-state index contributed by atoms with van der Waals surface area (Å²) < 4.78 is 4.58. The largest absolute Gasteiger partial charge is 0.463 e. The van der Waals surface area contributed by atoms with Crippen LogP contribution in [0.25, 0.3) is 0 Å². The van der Waals surface area contributed by atoms with Crippen molar-refractivity contribution < 1.29 is 9.53 Å². The number of nitrogens with two attached hydrogens (primary N) is 1. The molecule has 0 aliphatic rings. The molecule has 13 heavy (non-hydrogen) atoms. The molecular weight excluding hydrogens is 166 g/mol. The van der Waals surface area contributed by atoms with E-state index >= 15 is 0 Å². The first-order valence-electron chi connectivity index (χ1n) is 4.72. The van der Waals surface area contributed by atoms with E-state index in [4.69, 9.17) is 5.73 Å². The molecule has 0 aliphatic heterocycles. The summed E-state index contributed by atoms with van der Waals surface area (Å²) in [5.74, 6) is -0.341. The average molecular weight is 187 g/mol. The second kappa shape index (κ2) is 13.7. The topological polar surface area (TPSA) is 52.3 Å². The first-order chi connectivity index (χ1) is 6.22. The standard InChI is InChI=1S/C6H10O2.C4H11N/c1-3-5-8-6(7)4-2;1-2-3-4-5/h4H,2-3,5H2,1H3;2-5H2,1H3. The van der Waals surface area contributed by atoms with Crippen molar-refractivity contribution in [1.82, 2.24) is 0 Å². The van der Waals surface area contributed by atoms with Gasteiger partial charge in [-0.05, 0) is 19.4 Å². The van der Waals surface area contributed by atoms with E-state index < -0.39 is 0 Å². The Balaban J connectivity index is 0. The molecule has 0 rings (SSSR count). The number of hydrogen-bond acceptors (Lipinski definition) is 3. The van der Waals surface area contributed by atoms with Gasteiger partial charge in [0.05, 0.1) is 6.61 Å².